The molecule has 70 valence electrons. The molecular weight excluding hydrogens is 202 g/mol. The van der Waals surface area contributed by atoms with Gasteiger partial charge in [-0.25, -0.2) is 0 Å². The van der Waals surface area contributed by atoms with E-state index in [1.807, 2.05) is 6.92 Å². The van der Waals surface area contributed by atoms with Gasteiger partial charge in [0.2, 0.25) is 0 Å². The predicted molar refractivity (Wildman–Crippen MR) is 61.7 cm³/mol. The fourth-order valence-corrected chi connectivity index (χ4v) is 2.42. The lowest BCUT2D eigenvalue weighted by atomic mass is 10.1. The molecule has 0 spiro atoms. The van der Waals surface area contributed by atoms with Crippen LogP contribution in [0.2, 0.25) is 0 Å². The lowest BCUT2D eigenvalue weighted by molar-refractivity contribution is 0.830. The summed E-state index contributed by atoms with van der Waals surface area (Å²) in [6, 6.07) is 8.52. The zero-order chi connectivity index (χ0) is 8.55. The van der Waals surface area contributed by atoms with Crippen molar-refractivity contribution < 1.29 is 0 Å². The first kappa shape index (κ1) is 10.5. The lowest BCUT2D eigenvalue weighted by Gasteiger charge is -2.01. The zero-order valence-electron chi connectivity index (χ0n) is 7.36. The van der Waals surface area contributed by atoms with Gasteiger partial charge in [0, 0.05) is 10.7 Å². The van der Waals surface area contributed by atoms with Crippen molar-refractivity contribution in [2.24, 2.45) is 5.73 Å². The van der Waals surface area contributed by atoms with E-state index in [1.54, 1.807) is 11.3 Å². The highest BCUT2D eigenvalue weighted by atomic mass is 35.5. The molecule has 2 aromatic rings. The van der Waals surface area contributed by atoms with E-state index in [4.69, 9.17) is 5.73 Å². The molecule has 0 radical (unpaired) electrons. The van der Waals surface area contributed by atoms with Gasteiger partial charge >= 0.3 is 0 Å². The first-order chi connectivity index (χ1) is 5.79. The van der Waals surface area contributed by atoms with Crippen molar-refractivity contribution in [1.82, 2.24) is 0 Å². The van der Waals surface area contributed by atoms with Gasteiger partial charge in [0.05, 0.1) is 0 Å². The number of halogens is 1. The van der Waals surface area contributed by atoms with Crippen LogP contribution >= 0.6 is 23.7 Å². The summed E-state index contributed by atoms with van der Waals surface area (Å²) in [6.07, 6.45) is 0. The van der Waals surface area contributed by atoms with Crippen molar-refractivity contribution in [3.63, 3.8) is 0 Å². The molecule has 1 heterocycles. The van der Waals surface area contributed by atoms with E-state index < -0.39 is 0 Å². The molecule has 0 bridgehead atoms. The molecule has 0 saturated carbocycles. The van der Waals surface area contributed by atoms with Gasteiger partial charge in [-0.05, 0) is 29.3 Å². The van der Waals surface area contributed by atoms with Crippen molar-refractivity contribution in [2.75, 3.05) is 0 Å². The van der Waals surface area contributed by atoms with E-state index in [-0.39, 0.29) is 18.4 Å². The van der Waals surface area contributed by atoms with Crippen LogP contribution in [0.3, 0.4) is 0 Å². The fourth-order valence-electron chi connectivity index (χ4n) is 1.35. The summed E-state index contributed by atoms with van der Waals surface area (Å²) in [6.45, 7) is 2.02. The SMILES string of the molecule is C[C@H](N)c1csc2ccccc12.Cl. The zero-order valence-corrected chi connectivity index (χ0v) is 8.99. The summed E-state index contributed by atoms with van der Waals surface area (Å²) in [5.41, 5.74) is 7.09. The Hall–Kier alpha value is -0.570. The van der Waals surface area contributed by atoms with E-state index in [1.165, 1.54) is 15.6 Å². The lowest BCUT2D eigenvalue weighted by Crippen LogP contribution is -2.03. The smallest absolute Gasteiger partial charge is 0.0346 e. The monoisotopic (exact) mass is 213 g/mol. The van der Waals surface area contributed by atoms with Gasteiger partial charge in [-0.2, -0.15) is 0 Å². The summed E-state index contributed by atoms with van der Waals surface area (Å²) < 4.78 is 1.32. The second kappa shape index (κ2) is 4.09. The largest absolute Gasteiger partial charge is 0.324 e. The minimum Gasteiger partial charge on any atom is -0.324 e. The molecule has 0 saturated heterocycles. The van der Waals surface area contributed by atoms with Gasteiger partial charge in [-0.1, -0.05) is 18.2 Å². The second-order valence-corrected chi connectivity index (χ2v) is 3.89. The highest BCUT2D eigenvalue weighted by Gasteiger charge is 2.05. The number of hydrogen-bond acceptors (Lipinski definition) is 2. The summed E-state index contributed by atoms with van der Waals surface area (Å²) in [7, 11) is 0. The van der Waals surface area contributed by atoms with E-state index >= 15 is 0 Å². The molecule has 1 aromatic carbocycles. The molecule has 0 aliphatic heterocycles. The highest BCUT2D eigenvalue weighted by molar-refractivity contribution is 7.17. The third-order valence-corrected chi connectivity index (χ3v) is 2.98. The van der Waals surface area contributed by atoms with Crippen molar-refractivity contribution in [1.29, 1.82) is 0 Å². The van der Waals surface area contributed by atoms with Crippen LogP contribution < -0.4 is 5.73 Å². The molecule has 1 nitrogen and oxygen atoms in total. The number of benzene rings is 1. The standard InChI is InChI=1S/C10H11NS.ClH/c1-7(11)9-6-12-10-5-3-2-4-8(9)10;/h2-7H,11H2,1H3;1H/t7-;/m0./s1. The Kier molecular flexibility index (Phi) is 3.31. The van der Waals surface area contributed by atoms with Crippen molar-refractivity contribution in [2.45, 2.75) is 13.0 Å². The first-order valence-corrected chi connectivity index (χ1v) is 4.88. The molecule has 3 heteroatoms. The number of hydrogen-bond donors (Lipinski definition) is 1. The molecule has 1 aromatic heterocycles. The quantitative estimate of drug-likeness (QED) is 0.773. The maximum atomic E-state index is 5.83. The van der Waals surface area contributed by atoms with Crippen LogP contribution in [0, 0.1) is 0 Å². The van der Waals surface area contributed by atoms with Gasteiger partial charge in [0.15, 0.2) is 0 Å². The first-order valence-electron chi connectivity index (χ1n) is 4.01. The van der Waals surface area contributed by atoms with Crippen LogP contribution in [0.5, 0.6) is 0 Å². The van der Waals surface area contributed by atoms with Gasteiger partial charge in [0.1, 0.15) is 0 Å². The van der Waals surface area contributed by atoms with Gasteiger partial charge in [0.25, 0.3) is 0 Å². The van der Waals surface area contributed by atoms with Crippen LogP contribution in [-0.4, -0.2) is 0 Å². The Morgan fingerprint density at radius 2 is 2.00 bits per heavy atom. The molecule has 0 aliphatic carbocycles. The summed E-state index contributed by atoms with van der Waals surface area (Å²) >= 11 is 1.76. The minimum atomic E-state index is 0. The molecule has 2 rings (SSSR count). The van der Waals surface area contributed by atoms with Crippen molar-refractivity contribution in [3.05, 3.63) is 35.2 Å². The highest BCUT2D eigenvalue weighted by Crippen LogP contribution is 2.28. The Morgan fingerprint density at radius 3 is 2.69 bits per heavy atom. The second-order valence-electron chi connectivity index (χ2n) is 2.98. The van der Waals surface area contributed by atoms with Crippen LogP contribution in [-0.2, 0) is 0 Å². The van der Waals surface area contributed by atoms with Crippen LogP contribution in [0.4, 0.5) is 0 Å². The molecule has 13 heavy (non-hydrogen) atoms. The predicted octanol–water partition coefficient (Wildman–Crippen LogP) is 3.34. The normalized spacial score (nSPS) is 12.5. The van der Waals surface area contributed by atoms with E-state index in [9.17, 15) is 0 Å². The maximum absolute atomic E-state index is 5.83. The van der Waals surface area contributed by atoms with E-state index in [0.29, 0.717) is 0 Å². The Morgan fingerprint density at radius 1 is 1.31 bits per heavy atom. The molecule has 0 unspecified atom stereocenters. The summed E-state index contributed by atoms with van der Waals surface area (Å²) in [4.78, 5) is 0. The molecule has 0 amide bonds. The van der Waals surface area contributed by atoms with Gasteiger partial charge < -0.3 is 5.73 Å². The molecule has 0 aliphatic rings. The van der Waals surface area contributed by atoms with Crippen LogP contribution in [0.15, 0.2) is 29.6 Å². The van der Waals surface area contributed by atoms with E-state index in [2.05, 4.69) is 29.6 Å². The summed E-state index contributed by atoms with van der Waals surface area (Å²) in [5.74, 6) is 0. The number of rotatable bonds is 1. The van der Waals surface area contributed by atoms with Crippen LogP contribution in [0.1, 0.15) is 18.5 Å². The van der Waals surface area contributed by atoms with Gasteiger partial charge in [-0.3, -0.25) is 0 Å². The van der Waals surface area contributed by atoms with Crippen LogP contribution in [0.25, 0.3) is 10.1 Å². The van der Waals surface area contributed by atoms with Crippen molar-refractivity contribution >= 4 is 33.8 Å². The Labute approximate surface area is 88.0 Å². The molecule has 1 atom stereocenters. The van der Waals surface area contributed by atoms with Gasteiger partial charge in [-0.15, -0.1) is 23.7 Å². The molecule has 0 fully saturated rings. The molecular formula is C10H12ClNS. The minimum absolute atomic E-state index is 0. The number of fused-ring (bicyclic) bond motifs is 1. The third-order valence-electron chi connectivity index (χ3n) is 2.00. The number of thiophene rings is 1. The average Bonchev–Trinajstić information content (AvgIpc) is 2.47. The fraction of sp³-hybridized carbons (Fsp3) is 0.200. The van der Waals surface area contributed by atoms with E-state index in [0.717, 1.165) is 0 Å². The molecule has 2 N–H and O–H groups in total. The number of nitrogens with two attached hydrogens (primary N) is 1. The third kappa shape index (κ3) is 1.85. The van der Waals surface area contributed by atoms with Crippen molar-refractivity contribution in [3.8, 4) is 0 Å². The topological polar surface area (TPSA) is 26.0 Å². The summed E-state index contributed by atoms with van der Waals surface area (Å²) in [5, 5.41) is 3.45. The Bertz CT molecular complexity index is 394. The maximum Gasteiger partial charge on any atom is 0.0346 e. The Balaban J connectivity index is 0.000000845. The average molecular weight is 214 g/mol.